The smallest absolute Gasteiger partial charge is 0.292 e. The van der Waals surface area contributed by atoms with Crippen molar-refractivity contribution >= 4 is 34.2 Å². The summed E-state index contributed by atoms with van der Waals surface area (Å²) in [5, 5.41) is 6.07. The van der Waals surface area contributed by atoms with E-state index in [9.17, 15) is 14.4 Å². The fourth-order valence-electron chi connectivity index (χ4n) is 3.03. The standard InChI is InChI=1S/C21H21N3O4/c1-13-19(16-8-3-4-9-17(16)23-13)20(26)21(27)22-11-14-6-5-7-15(10-14)24-18(25)12-28-2/h3-10,23H,11-12H2,1-2H3,(H,22,27)(H,24,25). The highest BCUT2D eigenvalue weighted by Gasteiger charge is 2.22. The predicted molar refractivity (Wildman–Crippen MR) is 106 cm³/mol. The second kappa shape index (κ2) is 8.49. The van der Waals surface area contributed by atoms with Gasteiger partial charge in [-0.15, -0.1) is 0 Å². The first kappa shape index (κ1) is 19.3. The maximum absolute atomic E-state index is 12.6. The van der Waals surface area contributed by atoms with Gasteiger partial charge in [-0.2, -0.15) is 0 Å². The Morgan fingerprint density at radius 1 is 1.07 bits per heavy atom. The largest absolute Gasteiger partial charge is 0.375 e. The molecule has 144 valence electrons. The third-order valence-electron chi connectivity index (χ3n) is 4.27. The number of hydrogen-bond donors (Lipinski definition) is 3. The van der Waals surface area contributed by atoms with Crippen LogP contribution in [0.3, 0.4) is 0 Å². The molecule has 7 heteroatoms. The number of carbonyl (C=O) groups excluding carboxylic acids is 3. The Balaban J connectivity index is 1.68. The van der Waals surface area contributed by atoms with Gasteiger partial charge in [0.25, 0.3) is 11.7 Å². The third-order valence-corrected chi connectivity index (χ3v) is 4.27. The minimum atomic E-state index is -0.679. The van der Waals surface area contributed by atoms with Crippen LogP contribution < -0.4 is 10.6 Å². The highest BCUT2D eigenvalue weighted by atomic mass is 16.5. The second-order valence-electron chi connectivity index (χ2n) is 6.36. The molecule has 2 amide bonds. The number of H-pyrrole nitrogens is 1. The van der Waals surface area contributed by atoms with E-state index in [0.29, 0.717) is 16.9 Å². The molecule has 0 aliphatic heterocycles. The Labute approximate surface area is 162 Å². The summed E-state index contributed by atoms with van der Waals surface area (Å²) in [6, 6.07) is 14.4. The number of anilines is 1. The van der Waals surface area contributed by atoms with Gasteiger partial charge in [0.15, 0.2) is 0 Å². The number of amides is 2. The average molecular weight is 379 g/mol. The molecule has 1 aromatic heterocycles. The van der Waals surface area contributed by atoms with Crippen molar-refractivity contribution < 1.29 is 19.1 Å². The molecule has 0 spiro atoms. The quantitative estimate of drug-likeness (QED) is 0.434. The molecule has 3 aromatic rings. The molecule has 0 bridgehead atoms. The van der Waals surface area contributed by atoms with Crippen molar-refractivity contribution in [2.45, 2.75) is 13.5 Å². The van der Waals surface area contributed by atoms with Gasteiger partial charge in [-0.1, -0.05) is 30.3 Å². The average Bonchev–Trinajstić information content (AvgIpc) is 3.01. The van der Waals surface area contributed by atoms with Crippen LogP contribution in [0.15, 0.2) is 48.5 Å². The molecule has 0 fully saturated rings. The van der Waals surface area contributed by atoms with Gasteiger partial charge in [0.05, 0.1) is 5.56 Å². The van der Waals surface area contributed by atoms with Crippen molar-refractivity contribution in [1.29, 1.82) is 0 Å². The summed E-state index contributed by atoms with van der Waals surface area (Å²) in [6.07, 6.45) is 0. The van der Waals surface area contributed by atoms with Crippen LogP contribution in [0, 0.1) is 6.92 Å². The molecule has 28 heavy (non-hydrogen) atoms. The molecule has 0 unspecified atom stereocenters. The lowest BCUT2D eigenvalue weighted by Gasteiger charge is -2.08. The number of aryl methyl sites for hydroxylation is 1. The van der Waals surface area contributed by atoms with Crippen LogP contribution in [0.1, 0.15) is 21.6 Å². The molecule has 7 nitrogen and oxygen atoms in total. The van der Waals surface area contributed by atoms with Gasteiger partial charge in [-0.3, -0.25) is 14.4 Å². The van der Waals surface area contributed by atoms with E-state index < -0.39 is 11.7 Å². The van der Waals surface area contributed by atoms with E-state index in [-0.39, 0.29) is 19.1 Å². The summed E-state index contributed by atoms with van der Waals surface area (Å²) < 4.78 is 4.78. The SMILES string of the molecule is COCC(=O)Nc1cccc(CNC(=O)C(=O)c2c(C)[nH]c3ccccc23)c1. The Morgan fingerprint density at radius 3 is 2.64 bits per heavy atom. The van der Waals surface area contributed by atoms with E-state index in [4.69, 9.17) is 4.74 Å². The lowest BCUT2D eigenvalue weighted by molar-refractivity contribution is -0.119. The maximum atomic E-state index is 12.6. The van der Waals surface area contributed by atoms with Crippen LogP contribution in [-0.4, -0.2) is 36.3 Å². The molecule has 0 atom stereocenters. The fraction of sp³-hybridized carbons (Fsp3) is 0.190. The summed E-state index contributed by atoms with van der Waals surface area (Å²) >= 11 is 0. The molecule has 0 radical (unpaired) electrons. The number of Topliss-reactive ketones (excluding diaryl/α,β-unsaturated/α-hetero) is 1. The zero-order valence-corrected chi connectivity index (χ0v) is 15.7. The zero-order valence-electron chi connectivity index (χ0n) is 15.7. The van der Waals surface area contributed by atoms with Gasteiger partial charge in [0, 0.05) is 35.9 Å². The monoisotopic (exact) mass is 379 g/mol. The van der Waals surface area contributed by atoms with Crippen LogP contribution in [0.5, 0.6) is 0 Å². The van der Waals surface area contributed by atoms with Crippen molar-refractivity contribution in [3.63, 3.8) is 0 Å². The van der Waals surface area contributed by atoms with Crippen molar-refractivity contribution in [1.82, 2.24) is 10.3 Å². The van der Waals surface area contributed by atoms with E-state index >= 15 is 0 Å². The molecule has 0 saturated carbocycles. The first-order valence-corrected chi connectivity index (χ1v) is 8.77. The zero-order chi connectivity index (χ0) is 20.1. The van der Waals surface area contributed by atoms with Gasteiger partial charge in [-0.05, 0) is 30.7 Å². The number of para-hydroxylation sites is 1. The molecule has 0 aliphatic carbocycles. The number of carbonyl (C=O) groups is 3. The van der Waals surface area contributed by atoms with Crippen LogP contribution in [-0.2, 0) is 20.9 Å². The van der Waals surface area contributed by atoms with Crippen LogP contribution in [0.2, 0.25) is 0 Å². The molecule has 2 aromatic carbocycles. The Bertz CT molecular complexity index is 1040. The highest BCUT2D eigenvalue weighted by Crippen LogP contribution is 2.22. The number of benzene rings is 2. The van der Waals surface area contributed by atoms with Crippen molar-refractivity contribution in [2.75, 3.05) is 19.0 Å². The maximum Gasteiger partial charge on any atom is 0.292 e. The highest BCUT2D eigenvalue weighted by molar-refractivity contribution is 6.45. The first-order valence-electron chi connectivity index (χ1n) is 8.77. The lowest BCUT2D eigenvalue weighted by atomic mass is 10.1. The van der Waals surface area contributed by atoms with Gasteiger partial charge < -0.3 is 20.4 Å². The summed E-state index contributed by atoms with van der Waals surface area (Å²) in [6.45, 7) is 1.89. The van der Waals surface area contributed by atoms with Crippen LogP contribution in [0.4, 0.5) is 5.69 Å². The Morgan fingerprint density at radius 2 is 1.86 bits per heavy atom. The Kier molecular flexibility index (Phi) is 5.86. The summed E-state index contributed by atoms with van der Waals surface area (Å²) in [7, 11) is 1.44. The molecule has 0 aliphatic rings. The Hall–Kier alpha value is -3.45. The van der Waals surface area contributed by atoms with Gasteiger partial charge in [-0.25, -0.2) is 0 Å². The lowest BCUT2D eigenvalue weighted by Crippen LogP contribution is -2.31. The molecule has 3 N–H and O–H groups in total. The molecule has 3 rings (SSSR count). The number of ether oxygens (including phenoxy) is 1. The van der Waals surface area contributed by atoms with Crippen molar-refractivity contribution in [3.05, 3.63) is 65.4 Å². The fourth-order valence-corrected chi connectivity index (χ4v) is 3.03. The summed E-state index contributed by atoms with van der Waals surface area (Å²) in [5.74, 6) is -1.53. The van der Waals surface area contributed by atoms with E-state index in [2.05, 4.69) is 15.6 Å². The number of rotatable bonds is 7. The van der Waals surface area contributed by atoms with Crippen molar-refractivity contribution in [2.24, 2.45) is 0 Å². The van der Waals surface area contributed by atoms with E-state index in [1.807, 2.05) is 24.3 Å². The van der Waals surface area contributed by atoms with E-state index in [0.717, 1.165) is 16.5 Å². The molecule has 0 saturated heterocycles. The number of methoxy groups -OCH3 is 1. The summed E-state index contributed by atoms with van der Waals surface area (Å²) in [4.78, 5) is 39.8. The number of hydrogen-bond acceptors (Lipinski definition) is 4. The third kappa shape index (κ3) is 4.27. The number of fused-ring (bicyclic) bond motifs is 1. The van der Waals surface area contributed by atoms with E-state index in [1.165, 1.54) is 7.11 Å². The van der Waals surface area contributed by atoms with Crippen LogP contribution in [0.25, 0.3) is 10.9 Å². The van der Waals surface area contributed by atoms with Gasteiger partial charge >= 0.3 is 0 Å². The number of nitrogens with one attached hydrogen (secondary N) is 3. The first-order chi connectivity index (χ1) is 13.5. The second-order valence-corrected chi connectivity index (χ2v) is 6.36. The van der Waals surface area contributed by atoms with Gasteiger partial charge in [0.2, 0.25) is 5.91 Å². The minimum Gasteiger partial charge on any atom is -0.375 e. The van der Waals surface area contributed by atoms with Crippen LogP contribution >= 0.6 is 0 Å². The molecular weight excluding hydrogens is 358 g/mol. The number of aromatic nitrogens is 1. The summed E-state index contributed by atoms with van der Waals surface area (Å²) in [5.41, 5.74) is 3.20. The topological polar surface area (TPSA) is 100 Å². The number of ketones is 1. The normalized spacial score (nSPS) is 10.6. The molecule has 1 heterocycles. The predicted octanol–water partition coefficient (Wildman–Crippen LogP) is 2.56. The van der Waals surface area contributed by atoms with E-state index in [1.54, 1.807) is 31.2 Å². The minimum absolute atomic E-state index is 0.0422. The van der Waals surface area contributed by atoms with Gasteiger partial charge in [0.1, 0.15) is 6.61 Å². The molecular formula is C21H21N3O4. The number of aromatic amines is 1. The van der Waals surface area contributed by atoms with Crippen molar-refractivity contribution in [3.8, 4) is 0 Å².